The molecule has 2 aromatic rings. The molecule has 126 valence electrons. The molecule has 1 heterocycles. The van der Waals surface area contributed by atoms with Gasteiger partial charge in [-0.1, -0.05) is 59.7 Å². The van der Waals surface area contributed by atoms with E-state index in [1.165, 1.54) is 23.1 Å². The van der Waals surface area contributed by atoms with E-state index in [0.29, 0.717) is 6.04 Å². The van der Waals surface area contributed by atoms with Crippen molar-refractivity contribution in [2.45, 2.75) is 39.3 Å². The average molecular weight is 321 g/mol. The summed E-state index contributed by atoms with van der Waals surface area (Å²) in [6.45, 7) is 6.71. The van der Waals surface area contributed by atoms with Gasteiger partial charge in [-0.15, -0.1) is 0 Å². The molecule has 0 aromatic heterocycles. The molecule has 24 heavy (non-hydrogen) atoms. The van der Waals surface area contributed by atoms with Gasteiger partial charge in [-0.2, -0.15) is 0 Å². The van der Waals surface area contributed by atoms with Crippen molar-refractivity contribution in [3.05, 3.63) is 76.9 Å². The Kier molecular flexibility index (Phi) is 5.37. The van der Waals surface area contributed by atoms with Crippen molar-refractivity contribution < 1.29 is 4.74 Å². The fourth-order valence-electron chi connectivity index (χ4n) is 3.59. The quantitative estimate of drug-likeness (QED) is 0.730. The predicted octanol–water partition coefficient (Wildman–Crippen LogP) is 4.85. The number of hydrogen-bond donors (Lipinski definition) is 0. The van der Waals surface area contributed by atoms with Gasteiger partial charge in [0.15, 0.2) is 0 Å². The lowest BCUT2D eigenvalue weighted by molar-refractivity contribution is 0.197. The summed E-state index contributed by atoms with van der Waals surface area (Å²) in [6.07, 6.45) is 2.17. The van der Waals surface area contributed by atoms with Crippen LogP contribution >= 0.6 is 0 Å². The molecule has 3 rings (SSSR count). The zero-order valence-corrected chi connectivity index (χ0v) is 15.0. The van der Waals surface area contributed by atoms with E-state index in [2.05, 4.69) is 67.3 Å². The SMILES string of the molecule is COc1ccccc1CC1C(C)=C(C)CCN1Cc1ccccc1. The highest BCUT2D eigenvalue weighted by Crippen LogP contribution is 2.30. The fraction of sp³-hybridized carbons (Fsp3) is 0.364. The smallest absolute Gasteiger partial charge is 0.122 e. The first kappa shape index (κ1) is 16.8. The number of ether oxygens (including phenoxy) is 1. The highest BCUT2D eigenvalue weighted by Gasteiger charge is 2.26. The lowest BCUT2D eigenvalue weighted by Gasteiger charge is -2.38. The lowest BCUT2D eigenvalue weighted by atomic mass is 9.89. The second-order valence-corrected chi connectivity index (χ2v) is 6.70. The molecular weight excluding hydrogens is 294 g/mol. The van der Waals surface area contributed by atoms with Gasteiger partial charge >= 0.3 is 0 Å². The van der Waals surface area contributed by atoms with Crippen molar-refractivity contribution in [2.75, 3.05) is 13.7 Å². The number of para-hydroxylation sites is 1. The molecule has 2 nitrogen and oxygen atoms in total. The van der Waals surface area contributed by atoms with Crippen LogP contribution in [0.25, 0.3) is 0 Å². The normalized spacial score (nSPS) is 18.7. The maximum atomic E-state index is 5.57. The number of nitrogens with zero attached hydrogens (tertiary/aromatic N) is 1. The van der Waals surface area contributed by atoms with E-state index in [4.69, 9.17) is 4.74 Å². The van der Waals surface area contributed by atoms with Crippen LogP contribution < -0.4 is 4.74 Å². The maximum absolute atomic E-state index is 5.57. The van der Waals surface area contributed by atoms with Gasteiger partial charge in [-0.3, -0.25) is 4.90 Å². The summed E-state index contributed by atoms with van der Waals surface area (Å²) in [5.41, 5.74) is 5.73. The molecule has 0 amide bonds. The zero-order chi connectivity index (χ0) is 16.9. The van der Waals surface area contributed by atoms with Gasteiger partial charge in [-0.25, -0.2) is 0 Å². The summed E-state index contributed by atoms with van der Waals surface area (Å²) in [6, 6.07) is 19.6. The zero-order valence-electron chi connectivity index (χ0n) is 15.0. The van der Waals surface area contributed by atoms with Crippen LogP contribution in [0.2, 0.25) is 0 Å². The Bertz CT molecular complexity index is 705. The molecule has 0 bridgehead atoms. The van der Waals surface area contributed by atoms with E-state index in [9.17, 15) is 0 Å². The van der Waals surface area contributed by atoms with E-state index in [1.807, 2.05) is 6.07 Å². The van der Waals surface area contributed by atoms with Crippen molar-refractivity contribution >= 4 is 0 Å². The molecule has 0 saturated heterocycles. The first-order chi connectivity index (χ1) is 11.7. The second kappa shape index (κ2) is 7.67. The van der Waals surface area contributed by atoms with Crippen molar-refractivity contribution in [2.24, 2.45) is 0 Å². The van der Waals surface area contributed by atoms with Crippen LogP contribution in [-0.4, -0.2) is 24.6 Å². The molecule has 2 aromatic carbocycles. The highest BCUT2D eigenvalue weighted by atomic mass is 16.5. The molecule has 1 aliphatic heterocycles. The molecule has 1 atom stereocenters. The fourth-order valence-corrected chi connectivity index (χ4v) is 3.59. The average Bonchev–Trinajstić information content (AvgIpc) is 2.62. The summed E-state index contributed by atoms with van der Waals surface area (Å²) in [5.74, 6) is 0.994. The Balaban J connectivity index is 1.86. The third kappa shape index (κ3) is 3.70. The van der Waals surface area contributed by atoms with Gasteiger partial charge in [0.25, 0.3) is 0 Å². The van der Waals surface area contributed by atoms with Crippen LogP contribution in [0.5, 0.6) is 5.75 Å². The van der Waals surface area contributed by atoms with Gasteiger partial charge in [0.1, 0.15) is 5.75 Å². The largest absolute Gasteiger partial charge is 0.496 e. The van der Waals surface area contributed by atoms with Crippen LogP contribution in [-0.2, 0) is 13.0 Å². The standard InChI is InChI=1S/C22H27NO/c1-17-13-14-23(16-19-9-5-4-6-10-19)21(18(17)2)15-20-11-7-8-12-22(20)24-3/h4-12,21H,13-16H2,1-3H3. The predicted molar refractivity (Wildman–Crippen MR) is 100 cm³/mol. The highest BCUT2D eigenvalue weighted by molar-refractivity contribution is 5.36. The third-order valence-electron chi connectivity index (χ3n) is 5.22. The van der Waals surface area contributed by atoms with E-state index >= 15 is 0 Å². The maximum Gasteiger partial charge on any atom is 0.122 e. The van der Waals surface area contributed by atoms with Crippen LogP contribution in [0.15, 0.2) is 65.7 Å². The van der Waals surface area contributed by atoms with Crippen molar-refractivity contribution in [1.82, 2.24) is 4.90 Å². The van der Waals surface area contributed by atoms with Crippen LogP contribution in [0, 0.1) is 0 Å². The second-order valence-electron chi connectivity index (χ2n) is 6.70. The van der Waals surface area contributed by atoms with E-state index in [0.717, 1.165) is 25.3 Å². The first-order valence-electron chi connectivity index (χ1n) is 8.75. The lowest BCUT2D eigenvalue weighted by Crippen LogP contribution is -2.41. The summed E-state index contributed by atoms with van der Waals surface area (Å²) >= 11 is 0. The van der Waals surface area contributed by atoms with E-state index in [-0.39, 0.29) is 0 Å². The van der Waals surface area contributed by atoms with Gasteiger partial charge in [0, 0.05) is 19.1 Å². The number of benzene rings is 2. The number of methoxy groups -OCH3 is 1. The minimum atomic E-state index is 0.440. The Labute approximate surface area is 145 Å². The molecule has 0 radical (unpaired) electrons. The van der Waals surface area contributed by atoms with Crippen LogP contribution in [0.1, 0.15) is 31.4 Å². The van der Waals surface area contributed by atoms with Gasteiger partial charge in [0.2, 0.25) is 0 Å². The third-order valence-corrected chi connectivity index (χ3v) is 5.22. The molecule has 0 saturated carbocycles. The summed E-state index contributed by atoms with van der Waals surface area (Å²) < 4.78 is 5.57. The minimum absolute atomic E-state index is 0.440. The Morgan fingerprint density at radius 3 is 2.46 bits per heavy atom. The van der Waals surface area contributed by atoms with Crippen molar-refractivity contribution in [3.8, 4) is 5.75 Å². The summed E-state index contributed by atoms with van der Waals surface area (Å²) in [5, 5.41) is 0. The molecule has 0 N–H and O–H groups in total. The topological polar surface area (TPSA) is 12.5 Å². The van der Waals surface area contributed by atoms with Crippen LogP contribution in [0.4, 0.5) is 0 Å². The van der Waals surface area contributed by atoms with Crippen molar-refractivity contribution in [3.63, 3.8) is 0 Å². The molecule has 2 heteroatoms. The molecule has 0 aliphatic carbocycles. The summed E-state index contributed by atoms with van der Waals surface area (Å²) in [7, 11) is 1.76. The molecule has 1 aliphatic rings. The van der Waals surface area contributed by atoms with Gasteiger partial charge in [0.05, 0.1) is 7.11 Å². The minimum Gasteiger partial charge on any atom is -0.496 e. The van der Waals surface area contributed by atoms with Crippen LogP contribution in [0.3, 0.4) is 0 Å². The Morgan fingerprint density at radius 1 is 1.00 bits per heavy atom. The monoisotopic (exact) mass is 321 g/mol. The number of rotatable bonds is 5. The first-order valence-corrected chi connectivity index (χ1v) is 8.75. The Hall–Kier alpha value is -2.06. The molecular formula is C22H27NO. The number of hydrogen-bond acceptors (Lipinski definition) is 2. The summed E-state index contributed by atoms with van der Waals surface area (Å²) in [4.78, 5) is 2.62. The molecule has 0 fully saturated rings. The van der Waals surface area contributed by atoms with E-state index < -0.39 is 0 Å². The van der Waals surface area contributed by atoms with Gasteiger partial charge in [-0.05, 0) is 43.9 Å². The van der Waals surface area contributed by atoms with E-state index in [1.54, 1.807) is 12.7 Å². The van der Waals surface area contributed by atoms with Gasteiger partial charge < -0.3 is 4.74 Å². The molecule has 0 spiro atoms. The van der Waals surface area contributed by atoms with Crippen molar-refractivity contribution in [1.29, 1.82) is 0 Å². The molecule has 1 unspecified atom stereocenters. The Morgan fingerprint density at radius 2 is 1.71 bits per heavy atom.